The van der Waals surface area contributed by atoms with Gasteiger partial charge in [0.1, 0.15) is 18.5 Å². The summed E-state index contributed by atoms with van der Waals surface area (Å²) in [4.78, 5) is 14.6. The molecule has 7 nitrogen and oxygen atoms in total. The molecule has 0 radical (unpaired) electrons. The summed E-state index contributed by atoms with van der Waals surface area (Å²) >= 11 is 0. The molecule has 2 aromatic carbocycles. The molecule has 17 heteroatoms. The van der Waals surface area contributed by atoms with E-state index in [4.69, 9.17) is 14.0 Å². The third kappa shape index (κ3) is 7.67. The van der Waals surface area contributed by atoms with Crippen LogP contribution >= 0.6 is 0 Å². The third-order valence-corrected chi connectivity index (χ3v) is 12.7. The lowest BCUT2D eigenvalue weighted by Gasteiger charge is -2.45. The van der Waals surface area contributed by atoms with Crippen molar-refractivity contribution in [2.75, 3.05) is 13.2 Å². The molecule has 5 rings (SSSR count). The van der Waals surface area contributed by atoms with Gasteiger partial charge < -0.3 is 14.2 Å². The van der Waals surface area contributed by atoms with Crippen LogP contribution < -0.4 is 0 Å². The Morgan fingerprint density at radius 3 is 2.04 bits per heavy atom. The second-order valence-corrected chi connectivity index (χ2v) is 17.0. The Labute approximate surface area is 292 Å². The highest BCUT2D eigenvalue weighted by atomic mass is 32.2. The van der Waals surface area contributed by atoms with Gasteiger partial charge in [-0.25, -0.2) is 0 Å². The minimum atomic E-state index is -5.89. The van der Waals surface area contributed by atoms with Crippen molar-refractivity contribution in [3.63, 3.8) is 0 Å². The zero-order chi connectivity index (χ0) is 37.6. The molecular weight excluding hydrogens is 736 g/mol. The Bertz CT molecular complexity index is 1740. The number of benzene rings is 2. The van der Waals surface area contributed by atoms with Crippen LogP contribution in [0.5, 0.6) is 0 Å². The second-order valence-electron chi connectivity index (χ2n) is 13.3. The Kier molecular flexibility index (Phi) is 10.7. The van der Waals surface area contributed by atoms with Gasteiger partial charge in [-0.2, -0.15) is 43.5 Å². The average Bonchev–Trinajstić information content (AvgIpc) is 3.36. The van der Waals surface area contributed by atoms with Crippen LogP contribution in [0.4, 0.5) is 35.1 Å². The normalized spacial score (nSPS) is 24.4. The molecule has 0 bridgehead atoms. The molecule has 1 saturated carbocycles. The van der Waals surface area contributed by atoms with Gasteiger partial charge in [-0.3, -0.25) is 9.35 Å². The summed E-state index contributed by atoms with van der Waals surface area (Å²) in [6.45, 7) is -0.189. The van der Waals surface area contributed by atoms with E-state index in [0.717, 1.165) is 21.4 Å². The first-order valence-corrected chi connectivity index (χ1v) is 18.5. The van der Waals surface area contributed by atoms with E-state index in [1.54, 1.807) is 6.08 Å². The fourth-order valence-electron chi connectivity index (χ4n) is 6.61. The lowest BCUT2D eigenvalue weighted by atomic mass is 9.74. The van der Waals surface area contributed by atoms with Gasteiger partial charge in [-0.1, -0.05) is 42.5 Å². The Balaban J connectivity index is 1.33. The van der Waals surface area contributed by atoms with Gasteiger partial charge in [-0.15, -0.1) is 0 Å². The summed E-state index contributed by atoms with van der Waals surface area (Å²) in [6.07, 6.45) is -10.9. The molecule has 0 spiro atoms. The number of hydrogen-bond acceptors (Lipinski definition) is 6. The molecule has 1 N–H and O–H groups in total. The van der Waals surface area contributed by atoms with Gasteiger partial charge in [0.05, 0.1) is 28.8 Å². The van der Waals surface area contributed by atoms with Crippen molar-refractivity contribution >= 4 is 27.0 Å². The Morgan fingerprint density at radius 2 is 1.45 bits per heavy atom. The lowest BCUT2D eigenvalue weighted by molar-refractivity contribution is -0.390. The molecule has 51 heavy (non-hydrogen) atoms. The Morgan fingerprint density at radius 1 is 0.863 bits per heavy atom. The quantitative estimate of drug-likeness (QED) is 0.107. The first kappa shape index (κ1) is 39.1. The summed E-state index contributed by atoms with van der Waals surface area (Å²) in [6, 6.07) is 16.6. The van der Waals surface area contributed by atoms with Gasteiger partial charge >= 0.3 is 39.3 Å². The fourth-order valence-corrected chi connectivity index (χ4v) is 9.64. The molecule has 1 fully saturated rings. The number of hydrogen-bond donors (Lipinski definition) is 1. The van der Waals surface area contributed by atoms with E-state index in [1.807, 2.05) is 54.6 Å². The van der Waals surface area contributed by atoms with Gasteiger partial charge in [0.15, 0.2) is 15.0 Å². The van der Waals surface area contributed by atoms with Crippen molar-refractivity contribution in [3.05, 3.63) is 84.1 Å². The van der Waals surface area contributed by atoms with Gasteiger partial charge in [0.25, 0.3) is 0 Å². The van der Waals surface area contributed by atoms with E-state index < -0.39 is 118 Å². The zero-order valence-corrected chi connectivity index (χ0v) is 28.9. The number of esters is 1. The van der Waals surface area contributed by atoms with Crippen molar-refractivity contribution in [1.29, 1.82) is 0 Å². The van der Waals surface area contributed by atoms with Crippen LogP contribution in [0.1, 0.15) is 51.0 Å². The molecule has 3 unspecified atom stereocenters. The average molecular weight is 772 g/mol. The van der Waals surface area contributed by atoms with E-state index in [1.165, 1.54) is 19.9 Å². The maximum Gasteiger partial charge on any atom is 0.437 e. The number of carbonyl (C=O) groups is 1. The predicted molar refractivity (Wildman–Crippen MR) is 169 cm³/mol. The standard InChI is InChI=1S/C34H34F8O7S2/c1-30(2,19-47-20-31(35,36)51(44,45)46)29(43)48-22-14-12-21(13-15-22)32(33(37,38)39,34(40,41)42)49-23-16-17-26-25-10-6-7-11-27(25)50(28(26)18-23)24-8-4-3-5-9-24/h3-11,16-18,21-22,26,28H,12-15,19-20H2,1-2H3/p+1. The number of rotatable bonds is 11. The van der Waals surface area contributed by atoms with Gasteiger partial charge in [0, 0.05) is 17.6 Å². The third-order valence-electron chi connectivity index (χ3n) is 9.24. The summed E-state index contributed by atoms with van der Waals surface area (Å²) in [5, 5.41) is -5.15. The fraction of sp³-hybridized carbons (Fsp3) is 0.500. The maximum atomic E-state index is 14.9. The van der Waals surface area contributed by atoms with Crippen molar-refractivity contribution in [3.8, 4) is 0 Å². The minimum Gasteiger partial charge on any atom is -0.468 e. The molecule has 2 aliphatic carbocycles. The summed E-state index contributed by atoms with van der Waals surface area (Å²) in [5.41, 5.74) is -5.33. The largest absolute Gasteiger partial charge is 0.468 e. The van der Waals surface area contributed by atoms with Gasteiger partial charge in [0.2, 0.25) is 0 Å². The number of fused-ring (bicyclic) bond motifs is 3. The van der Waals surface area contributed by atoms with E-state index in [0.29, 0.717) is 0 Å². The highest BCUT2D eigenvalue weighted by Crippen LogP contribution is 2.56. The molecule has 0 saturated heterocycles. The number of carbonyl (C=O) groups excluding carboxylic acids is 1. The van der Waals surface area contributed by atoms with Crippen LogP contribution in [0.3, 0.4) is 0 Å². The highest BCUT2D eigenvalue weighted by Gasteiger charge is 2.77. The molecule has 3 atom stereocenters. The molecular formula is C34H35F8O7S2+. The molecule has 2 aromatic rings. The number of alkyl halides is 8. The molecule has 3 aliphatic rings. The van der Waals surface area contributed by atoms with Crippen molar-refractivity contribution in [1.82, 2.24) is 0 Å². The lowest BCUT2D eigenvalue weighted by Crippen LogP contribution is -2.64. The highest BCUT2D eigenvalue weighted by molar-refractivity contribution is 7.98. The smallest absolute Gasteiger partial charge is 0.437 e. The van der Waals surface area contributed by atoms with Crippen LogP contribution in [0, 0.1) is 11.3 Å². The first-order valence-electron chi connectivity index (χ1n) is 15.8. The number of halogens is 8. The maximum absolute atomic E-state index is 14.9. The number of allylic oxidation sites excluding steroid dienone is 2. The van der Waals surface area contributed by atoms with Crippen molar-refractivity contribution in [2.45, 2.75) is 89.8 Å². The van der Waals surface area contributed by atoms with E-state index in [2.05, 4.69) is 4.74 Å². The predicted octanol–water partition coefficient (Wildman–Crippen LogP) is 8.15. The van der Waals surface area contributed by atoms with E-state index in [-0.39, 0.29) is 5.92 Å². The molecule has 0 amide bonds. The molecule has 280 valence electrons. The monoisotopic (exact) mass is 771 g/mol. The van der Waals surface area contributed by atoms with Crippen LogP contribution in [-0.2, 0) is 40.0 Å². The SMILES string of the molecule is CC(C)(COCC(F)(F)S(=O)(=O)O)C(=O)OC1CCC(C(OC2=CC3C(C=C2)c2ccccc2[S+]3c2ccccc2)(C(F)(F)F)C(F)(F)F)CC1. The first-order chi connectivity index (χ1) is 23.6. The molecule has 1 aliphatic heterocycles. The summed E-state index contributed by atoms with van der Waals surface area (Å²) in [7, 11) is -6.50. The second kappa shape index (κ2) is 14.0. The van der Waals surface area contributed by atoms with Crippen LogP contribution in [0.25, 0.3) is 0 Å². The number of ether oxygens (including phenoxy) is 3. The van der Waals surface area contributed by atoms with E-state index >= 15 is 0 Å². The van der Waals surface area contributed by atoms with Gasteiger partial charge in [-0.05, 0) is 63.8 Å². The summed E-state index contributed by atoms with van der Waals surface area (Å²) in [5.74, 6) is -4.01. The van der Waals surface area contributed by atoms with Crippen LogP contribution in [0.2, 0.25) is 0 Å². The Hall–Kier alpha value is -3.15. The minimum absolute atomic E-state index is 0.290. The van der Waals surface area contributed by atoms with Crippen LogP contribution in [0.15, 0.2) is 88.4 Å². The van der Waals surface area contributed by atoms with Crippen molar-refractivity contribution in [2.24, 2.45) is 11.3 Å². The zero-order valence-electron chi connectivity index (χ0n) is 27.2. The summed E-state index contributed by atoms with van der Waals surface area (Å²) < 4.78 is 161. The molecule has 1 heterocycles. The van der Waals surface area contributed by atoms with Crippen LogP contribution in [-0.4, -0.2) is 66.7 Å². The van der Waals surface area contributed by atoms with E-state index in [9.17, 15) is 48.3 Å². The molecule has 0 aromatic heterocycles. The van der Waals surface area contributed by atoms with Crippen molar-refractivity contribution < 1.29 is 67.1 Å². The topological polar surface area (TPSA) is 99.1 Å².